The smallest absolute Gasteiger partial charge is 0.345 e. The van der Waals surface area contributed by atoms with Crippen LogP contribution in [0.5, 0.6) is 0 Å². The van der Waals surface area contributed by atoms with E-state index in [1.807, 2.05) is 6.92 Å². The van der Waals surface area contributed by atoms with Gasteiger partial charge >= 0.3 is 11.9 Å². The van der Waals surface area contributed by atoms with Crippen LogP contribution in [0.4, 0.5) is 0 Å². The van der Waals surface area contributed by atoms with Crippen LogP contribution in [-0.2, 0) is 14.3 Å². The molecule has 0 radical (unpaired) electrons. The third-order valence-electron chi connectivity index (χ3n) is 3.74. The van der Waals surface area contributed by atoms with Gasteiger partial charge in [-0.05, 0) is 33.1 Å². The molecule has 4 nitrogen and oxygen atoms in total. The molecule has 1 saturated carbocycles. The summed E-state index contributed by atoms with van der Waals surface area (Å²) in [6.45, 7) is 5.46. The summed E-state index contributed by atoms with van der Waals surface area (Å²) in [7, 11) is 0. The molecule has 1 N–H and O–H groups in total. The Hall–Kier alpha value is -1.06. The van der Waals surface area contributed by atoms with Crippen LogP contribution in [0.15, 0.2) is 0 Å². The number of hydrogen-bond donors (Lipinski definition) is 1. The molecule has 4 heteroatoms. The summed E-state index contributed by atoms with van der Waals surface area (Å²) < 4.78 is 5.21. The van der Waals surface area contributed by atoms with Crippen molar-refractivity contribution in [3.05, 3.63) is 0 Å². The quantitative estimate of drug-likeness (QED) is 0.753. The summed E-state index contributed by atoms with van der Waals surface area (Å²) in [6.07, 6.45) is 3.43. The zero-order valence-corrected chi connectivity index (χ0v) is 10.9. The van der Waals surface area contributed by atoms with Crippen molar-refractivity contribution in [1.82, 2.24) is 0 Å². The Bertz CT molecular complexity index is 290. The maximum atomic E-state index is 11.9. The van der Waals surface area contributed by atoms with Crippen molar-refractivity contribution in [2.45, 2.75) is 59.0 Å². The van der Waals surface area contributed by atoms with Crippen LogP contribution in [0, 0.1) is 11.3 Å². The van der Waals surface area contributed by atoms with Crippen molar-refractivity contribution in [2.24, 2.45) is 11.3 Å². The molecule has 0 spiro atoms. The van der Waals surface area contributed by atoms with Gasteiger partial charge in [-0.1, -0.05) is 19.8 Å². The van der Waals surface area contributed by atoms with Gasteiger partial charge in [0.2, 0.25) is 6.10 Å². The van der Waals surface area contributed by atoms with Crippen LogP contribution in [0.3, 0.4) is 0 Å². The van der Waals surface area contributed by atoms with Gasteiger partial charge in [-0.3, -0.25) is 4.79 Å². The molecule has 0 amide bonds. The number of esters is 1. The van der Waals surface area contributed by atoms with Crippen molar-refractivity contribution >= 4 is 11.9 Å². The van der Waals surface area contributed by atoms with Crippen LogP contribution in [0.25, 0.3) is 0 Å². The van der Waals surface area contributed by atoms with Crippen LogP contribution in [0.2, 0.25) is 0 Å². The van der Waals surface area contributed by atoms with E-state index in [-0.39, 0.29) is 5.92 Å². The molecule has 1 fully saturated rings. The molecule has 0 heterocycles. The summed E-state index contributed by atoms with van der Waals surface area (Å²) in [5.41, 5.74) is -0.605. The van der Waals surface area contributed by atoms with Gasteiger partial charge in [0.15, 0.2) is 0 Å². The average molecular weight is 242 g/mol. The molecule has 0 aromatic carbocycles. The summed E-state index contributed by atoms with van der Waals surface area (Å²) in [5.74, 6) is -1.43. The Labute approximate surface area is 102 Å². The highest BCUT2D eigenvalue weighted by molar-refractivity contribution is 5.81. The minimum atomic E-state index is -1.02. The van der Waals surface area contributed by atoms with Crippen molar-refractivity contribution in [3.8, 4) is 0 Å². The molecule has 1 unspecified atom stereocenters. The van der Waals surface area contributed by atoms with E-state index in [1.165, 1.54) is 0 Å². The number of carbonyl (C=O) groups is 2. The third-order valence-corrected chi connectivity index (χ3v) is 3.74. The van der Waals surface area contributed by atoms with Gasteiger partial charge in [0.25, 0.3) is 0 Å². The maximum absolute atomic E-state index is 11.9. The second kappa shape index (κ2) is 5.52. The molecule has 1 rings (SSSR count). The molecular formula is C13H22O4. The van der Waals surface area contributed by atoms with Crippen molar-refractivity contribution < 1.29 is 19.4 Å². The van der Waals surface area contributed by atoms with Gasteiger partial charge in [-0.2, -0.15) is 0 Å². The number of hydrogen-bond acceptors (Lipinski definition) is 3. The topological polar surface area (TPSA) is 63.6 Å². The van der Waals surface area contributed by atoms with E-state index < -0.39 is 23.5 Å². The standard InChI is InChI=1S/C13H22O4/c1-4-13(2,3)12(16)17-10(11(14)15)9-7-5-6-8-9/h9-10H,4-8H2,1-3H3,(H,14,15). The molecule has 0 aliphatic heterocycles. The summed E-state index contributed by atoms with van der Waals surface area (Å²) in [5, 5.41) is 9.14. The Morgan fingerprint density at radius 2 is 1.88 bits per heavy atom. The van der Waals surface area contributed by atoms with E-state index in [0.29, 0.717) is 6.42 Å². The highest BCUT2D eigenvalue weighted by atomic mass is 16.6. The SMILES string of the molecule is CCC(C)(C)C(=O)OC(C(=O)O)C1CCCC1. The van der Waals surface area contributed by atoms with E-state index in [4.69, 9.17) is 9.84 Å². The molecule has 0 aromatic heterocycles. The van der Waals surface area contributed by atoms with Crippen LogP contribution < -0.4 is 0 Å². The number of carboxylic acids is 1. The summed E-state index contributed by atoms with van der Waals surface area (Å²) >= 11 is 0. The number of carbonyl (C=O) groups excluding carboxylic acids is 1. The molecule has 1 atom stereocenters. The molecule has 0 bridgehead atoms. The first-order chi connectivity index (χ1) is 7.88. The molecular weight excluding hydrogens is 220 g/mol. The fraction of sp³-hybridized carbons (Fsp3) is 0.846. The van der Waals surface area contributed by atoms with Gasteiger partial charge < -0.3 is 9.84 Å². The number of aliphatic carboxylic acids is 1. The van der Waals surface area contributed by atoms with E-state index in [1.54, 1.807) is 13.8 Å². The Balaban J connectivity index is 2.67. The van der Waals surface area contributed by atoms with Crippen molar-refractivity contribution in [2.75, 3.05) is 0 Å². The molecule has 98 valence electrons. The summed E-state index contributed by atoms with van der Waals surface area (Å²) in [4.78, 5) is 23.0. The predicted octanol–water partition coefficient (Wildman–Crippen LogP) is 2.61. The molecule has 1 aliphatic rings. The van der Waals surface area contributed by atoms with Crippen molar-refractivity contribution in [1.29, 1.82) is 0 Å². The lowest BCUT2D eigenvalue weighted by atomic mass is 9.90. The molecule has 0 aromatic rings. The maximum Gasteiger partial charge on any atom is 0.345 e. The van der Waals surface area contributed by atoms with Crippen LogP contribution in [0.1, 0.15) is 52.9 Å². The van der Waals surface area contributed by atoms with Gasteiger partial charge in [-0.25, -0.2) is 4.79 Å². The molecule has 1 aliphatic carbocycles. The first kappa shape index (κ1) is 14.0. The lowest BCUT2D eigenvalue weighted by molar-refractivity contribution is -0.174. The normalized spacial score (nSPS) is 19.0. The minimum Gasteiger partial charge on any atom is -0.478 e. The lowest BCUT2D eigenvalue weighted by Crippen LogP contribution is -2.38. The Kier molecular flexibility index (Phi) is 4.54. The van der Waals surface area contributed by atoms with Gasteiger partial charge in [-0.15, -0.1) is 0 Å². The lowest BCUT2D eigenvalue weighted by Gasteiger charge is -2.26. The largest absolute Gasteiger partial charge is 0.478 e. The van der Waals surface area contributed by atoms with Crippen LogP contribution in [-0.4, -0.2) is 23.1 Å². The van der Waals surface area contributed by atoms with Crippen molar-refractivity contribution in [3.63, 3.8) is 0 Å². The Morgan fingerprint density at radius 3 is 2.29 bits per heavy atom. The molecule has 17 heavy (non-hydrogen) atoms. The zero-order chi connectivity index (χ0) is 13.1. The number of ether oxygens (including phenoxy) is 1. The highest BCUT2D eigenvalue weighted by Crippen LogP contribution is 2.31. The Morgan fingerprint density at radius 1 is 1.35 bits per heavy atom. The monoisotopic (exact) mass is 242 g/mol. The van der Waals surface area contributed by atoms with E-state index in [9.17, 15) is 9.59 Å². The van der Waals surface area contributed by atoms with E-state index >= 15 is 0 Å². The first-order valence-electron chi connectivity index (χ1n) is 6.32. The minimum absolute atomic E-state index is 0.0101. The third kappa shape index (κ3) is 3.45. The van der Waals surface area contributed by atoms with Gasteiger partial charge in [0, 0.05) is 5.92 Å². The highest BCUT2D eigenvalue weighted by Gasteiger charge is 2.37. The second-order valence-corrected chi connectivity index (χ2v) is 5.45. The molecule has 0 saturated heterocycles. The van der Waals surface area contributed by atoms with E-state index in [0.717, 1.165) is 25.7 Å². The zero-order valence-electron chi connectivity index (χ0n) is 10.9. The summed E-state index contributed by atoms with van der Waals surface area (Å²) in [6, 6.07) is 0. The van der Waals surface area contributed by atoms with E-state index in [2.05, 4.69) is 0 Å². The average Bonchev–Trinajstić information content (AvgIpc) is 2.78. The van der Waals surface area contributed by atoms with Gasteiger partial charge in [0.1, 0.15) is 0 Å². The number of carboxylic acid groups (broad SMARTS) is 1. The van der Waals surface area contributed by atoms with Crippen LogP contribution >= 0.6 is 0 Å². The first-order valence-corrected chi connectivity index (χ1v) is 6.32. The number of rotatable bonds is 5. The van der Waals surface area contributed by atoms with Gasteiger partial charge in [0.05, 0.1) is 5.41 Å². The second-order valence-electron chi connectivity index (χ2n) is 5.45. The predicted molar refractivity (Wildman–Crippen MR) is 63.5 cm³/mol. The fourth-order valence-electron chi connectivity index (χ4n) is 2.03. The fourth-order valence-corrected chi connectivity index (χ4v) is 2.03.